The molecule has 1 aliphatic heterocycles. The van der Waals surface area contributed by atoms with Crippen molar-refractivity contribution in [3.05, 3.63) is 33.6 Å². The van der Waals surface area contributed by atoms with Gasteiger partial charge in [-0.1, -0.05) is 37.2 Å². The number of thioether (sulfide) groups is 1. The number of carbonyl (C=O) groups excluding carboxylic acids is 2. The number of hydrogen-bond acceptors (Lipinski definition) is 5. The number of nitrogens with one attached hydrogen (secondary N) is 1. The van der Waals surface area contributed by atoms with Gasteiger partial charge in [-0.15, -0.1) is 0 Å². The first-order chi connectivity index (χ1) is 14.2. The van der Waals surface area contributed by atoms with E-state index in [9.17, 15) is 14.4 Å². The van der Waals surface area contributed by atoms with E-state index >= 15 is 0 Å². The van der Waals surface area contributed by atoms with Gasteiger partial charge in [-0.3, -0.25) is 19.0 Å². The molecule has 2 aromatic rings. The van der Waals surface area contributed by atoms with Crippen LogP contribution in [0.1, 0.15) is 33.6 Å². The lowest BCUT2D eigenvalue weighted by Crippen LogP contribution is -2.46. The van der Waals surface area contributed by atoms with E-state index in [2.05, 4.69) is 10.3 Å². The molecule has 1 aromatic heterocycles. The zero-order valence-corrected chi connectivity index (χ0v) is 19.1. The SMILES string of the molecule is CC(=O)N1CCC(NC(=O)CSc2nc3ccc(Cl)cc3c(=O)n2CC(C)C)CC1. The lowest BCUT2D eigenvalue weighted by molar-refractivity contribution is -0.130. The number of benzene rings is 1. The molecule has 1 saturated heterocycles. The van der Waals surface area contributed by atoms with Gasteiger partial charge in [-0.05, 0) is 37.0 Å². The Hall–Kier alpha value is -2.06. The summed E-state index contributed by atoms with van der Waals surface area (Å²) in [4.78, 5) is 43.3. The molecule has 0 spiro atoms. The molecule has 3 rings (SSSR count). The number of aromatic nitrogens is 2. The summed E-state index contributed by atoms with van der Waals surface area (Å²) >= 11 is 7.32. The van der Waals surface area contributed by atoms with Crippen molar-refractivity contribution >= 4 is 46.1 Å². The monoisotopic (exact) mass is 450 g/mol. The molecule has 7 nitrogen and oxygen atoms in total. The summed E-state index contributed by atoms with van der Waals surface area (Å²) in [7, 11) is 0. The maximum Gasteiger partial charge on any atom is 0.262 e. The fourth-order valence-corrected chi connectivity index (χ4v) is 4.54. The summed E-state index contributed by atoms with van der Waals surface area (Å²) in [6.45, 7) is 7.47. The van der Waals surface area contributed by atoms with Crippen molar-refractivity contribution in [1.82, 2.24) is 19.8 Å². The third kappa shape index (κ3) is 5.55. The average molecular weight is 451 g/mol. The third-order valence-corrected chi connectivity index (χ3v) is 6.28. The van der Waals surface area contributed by atoms with E-state index in [1.165, 1.54) is 11.8 Å². The van der Waals surface area contributed by atoms with E-state index in [4.69, 9.17) is 11.6 Å². The van der Waals surface area contributed by atoms with Crippen LogP contribution in [0.4, 0.5) is 0 Å². The van der Waals surface area contributed by atoms with E-state index < -0.39 is 0 Å². The molecule has 0 aliphatic carbocycles. The highest BCUT2D eigenvalue weighted by molar-refractivity contribution is 7.99. The standard InChI is InChI=1S/C21H27ClN4O3S/c1-13(2)11-26-20(29)17-10-15(22)4-5-18(17)24-21(26)30-12-19(28)23-16-6-8-25(9-7-16)14(3)27/h4-5,10,13,16H,6-9,11-12H2,1-3H3,(H,23,28). The van der Waals surface area contributed by atoms with Crippen LogP contribution < -0.4 is 10.9 Å². The quantitative estimate of drug-likeness (QED) is 0.540. The zero-order valence-electron chi connectivity index (χ0n) is 17.5. The van der Waals surface area contributed by atoms with Gasteiger partial charge in [-0.25, -0.2) is 4.98 Å². The fraction of sp³-hybridized carbons (Fsp3) is 0.524. The van der Waals surface area contributed by atoms with Crippen LogP contribution in [0.15, 0.2) is 28.2 Å². The number of hydrogen-bond donors (Lipinski definition) is 1. The second-order valence-corrected chi connectivity index (χ2v) is 9.38. The van der Waals surface area contributed by atoms with Crippen LogP contribution in [0.5, 0.6) is 0 Å². The van der Waals surface area contributed by atoms with Crippen molar-refractivity contribution in [2.75, 3.05) is 18.8 Å². The summed E-state index contributed by atoms with van der Waals surface area (Å²) < 4.78 is 1.63. The normalized spacial score (nSPS) is 15.0. The fourth-order valence-electron chi connectivity index (χ4n) is 3.55. The number of fused-ring (bicyclic) bond motifs is 1. The molecule has 2 heterocycles. The van der Waals surface area contributed by atoms with Gasteiger partial charge in [0.2, 0.25) is 11.8 Å². The number of carbonyl (C=O) groups is 2. The molecule has 0 atom stereocenters. The van der Waals surface area contributed by atoms with E-state index in [-0.39, 0.29) is 35.1 Å². The highest BCUT2D eigenvalue weighted by atomic mass is 35.5. The Kier molecular flexibility index (Phi) is 7.41. The van der Waals surface area contributed by atoms with Crippen molar-refractivity contribution < 1.29 is 9.59 Å². The van der Waals surface area contributed by atoms with Crippen molar-refractivity contribution in [1.29, 1.82) is 0 Å². The molecular weight excluding hydrogens is 424 g/mol. The van der Waals surface area contributed by atoms with Crippen LogP contribution in [0.3, 0.4) is 0 Å². The first-order valence-corrected chi connectivity index (χ1v) is 11.5. The lowest BCUT2D eigenvalue weighted by atomic mass is 10.1. The molecule has 0 saturated carbocycles. The van der Waals surface area contributed by atoms with E-state index in [0.717, 1.165) is 12.8 Å². The summed E-state index contributed by atoms with van der Waals surface area (Å²) in [5, 5.41) is 4.54. The number of amides is 2. The number of rotatable bonds is 6. The average Bonchev–Trinajstić information content (AvgIpc) is 2.69. The van der Waals surface area contributed by atoms with Gasteiger partial charge < -0.3 is 10.2 Å². The molecule has 162 valence electrons. The van der Waals surface area contributed by atoms with Gasteiger partial charge in [0.05, 0.1) is 16.7 Å². The Labute approximate surface area is 185 Å². The number of halogens is 1. The molecule has 9 heteroatoms. The van der Waals surface area contributed by atoms with Gasteiger partial charge >= 0.3 is 0 Å². The molecule has 30 heavy (non-hydrogen) atoms. The van der Waals surface area contributed by atoms with Crippen molar-refractivity contribution in [2.45, 2.75) is 51.4 Å². The first kappa shape index (κ1) is 22.6. The van der Waals surface area contributed by atoms with Gasteiger partial charge in [0.1, 0.15) is 0 Å². The Morgan fingerprint density at radius 3 is 2.63 bits per heavy atom. The number of likely N-dealkylation sites (tertiary alicyclic amines) is 1. The minimum absolute atomic E-state index is 0.0678. The number of nitrogens with zero attached hydrogens (tertiary/aromatic N) is 3. The van der Waals surface area contributed by atoms with E-state index in [0.29, 0.717) is 40.7 Å². The first-order valence-electron chi connectivity index (χ1n) is 10.1. The molecule has 1 aromatic carbocycles. The van der Waals surface area contributed by atoms with Crippen molar-refractivity contribution in [3.8, 4) is 0 Å². The summed E-state index contributed by atoms with van der Waals surface area (Å²) in [5.41, 5.74) is 0.430. The summed E-state index contributed by atoms with van der Waals surface area (Å²) in [5.74, 6) is 0.405. The van der Waals surface area contributed by atoms with Crippen LogP contribution >= 0.6 is 23.4 Å². The van der Waals surface area contributed by atoms with Gasteiger partial charge in [0.25, 0.3) is 5.56 Å². The molecule has 1 fully saturated rings. The Morgan fingerprint density at radius 2 is 2.00 bits per heavy atom. The second kappa shape index (κ2) is 9.83. The smallest absolute Gasteiger partial charge is 0.262 e. The predicted molar refractivity (Wildman–Crippen MR) is 120 cm³/mol. The molecule has 1 aliphatic rings. The Balaban J connectivity index is 1.70. The highest BCUT2D eigenvalue weighted by Crippen LogP contribution is 2.21. The predicted octanol–water partition coefficient (Wildman–Crippen LogP) is 2.93. The largest absolute Gasteiger partial charge is 0.353 e. The van der Waals surface area contributed by atoms with Crippen LogP contribution in [0, 0.1) is 5.92 Å². The number of piperidine rings is 1. The van der Waals surface area contributed by atoms with Gasteiger partial charge in [0.15, 0.2) is 5.16 Å². The summed E-state index contributed by atoms with van der Waals surface area (Å²) in [6.07, 6.45) is 1.51. The molecule has 1 N–H and O–H groups in total. The van der Waals surface area contributed by atoms with Crippen molar-refractivity contribution in [2.24, 2.45) is 5.92 Å². The Bertz CT molecular complexity index is 1000. The van der Waals surface area contributed by atoms with Gasteiger partial charge in [-0.2, -0.15) is 0 Å². The van der Waals surface area contributed by atoms with Crippen molar-refractivity contribution in [3.63, 3.8) is 0 Å². The maximum absolute atomic E-state index is 13.0. The molecule has 0 unspecified atom stereocenters. The minimum Gasteiger partial charge on any atom is -0.353 e. The van der Waals surface area contributed by atoms with E-state index in [1.54, 1.807) is 34.6 Å². The highest BCUT2D eigenvalue weighted by Gasteiger charge is 2.22. The Morgan fingerprint density at radius 1 is 1.30 bits per heavy atom. The lowest BCUT2D eigenvalue weighted by Gasteiger charge is -2.31. The minimum atomic E-state index is -0.143. The van der Waals surface area contributed by atoms with Crippen LogP contribution in [-0.4, -0.2) is 51.1 Å². The molecule has 0 radical (unpaired) electrons. The van der Waals surface area contributed by atoms with Gasteiger partial charge in [0, 0.05) is 37.6 Å². The van der Waals surface area contributed by atoms with Crippen LogP contribution in [0.2, 0.25) is 5.02 Å². The maximum atomic E-state index is 13.0. The van der Waals surface area contributed by atoms with Crippen LogP contribution in [-0.2, 0) is 16.1 Å². The second-order valence-electron chi connectivity index (χ2n) is 8.00. The third-order valence-electron chi connectivity index (χ3n) is 5.07. The summed E-state index contributed by atoms with van der Waals surface area (Å²) in [6, 6.07) is 5.14. The zero-order chi connectivity index (χ0) is 21.8. The van der Waals surface area contributed by atoms with E-state index in [1.807, 2.05) is 13.8 Å². The molecule has 2 amide bonds. The molecular formula is C21H27ClN4O3S. The van der Waals surface area contributed by atoms with Crippen LogP contribution in [0.25, 0.3) is 10.9 Å². The topological polar surface area (TPSA) is 84.3 Å². The molecule has 0 bridgehead atoms.